The topological polar surface area (TPSA) is 46.5 Å². The number of ether oxygens (including phenoxy) is 1. The van der Waals surface area contributed by atoms with Gasteiger partial charge >= 0.3 is 5.97 Å². The third-order valence-corrected chi connectivity index (χ3v) is 5.69. The first-order valence-electron chi connectivity index (χ1n) is 9.13. The molecule has 0 spiro atoms. The molecule has 2 fully saturated rings. The zero-order chi connectivity index (χ0) is 17.4. The average molecular weight is 342 g/mol. The number of cyclic esters (lactones) is 1. The van der Waals surface area contributed by atoms with E-state index in [9.17, 15) is 14.3 Å². The predicted octanol–water partition coefficient (Wildman–Crippen LogP) is 4.02. The van der Waals surface area contributed by atoms with Crippen LogP contribution in [0.2, 0.25) is 0 Å². The molecule has 3 nitrogen and oxygen atoms in total. The lowest BCUT2D eigenvalue weighted by Crippen LogP contribution is -2.31. The summed E-state index contributed by atoms with van der Waals surface area (Å²) in [4.78, 5) is 11.5. The molecule has 3 aliphatic rings. The van der Waals surface area contributed by atoms with Crippen molar-refractivity contribution in [1.82, 2.24) is 0 Å². The molecule has 2 unspecified atom stereocenters. The van der Waals surface area contributed by atoms with E-state index in [1.54, 1.807) is 0 Å². The number of carbonyl (C=O) groups excluding carboxylic acids is 1. The summed E-state index contributed by atoms with van der Waals surface area (Å²) in [7, 11) is 0. The van der Waals surface area contributed by atoms with Crippen LogP contribution in [0.25, 0.3) is 5.57 Å². The average Bonchev–Trinajstić information content (AvgIpc) is 2.96. The number of aliphatic hydroxyl groups excluding tert-OH is 1. The fourth-order valence-corrected chi connectivity index (χ4v) is 4.51. The Labute approximate surface area is 147 Å². The second kappa shape index (κ2) is 6.75. The number of halogens is 1. The smallest absolute Gasteiger partial charge is 0.309 e. The highest BCUT2D eigenvalue weighted by molar-refractivity contribution is 5.73. The van der Waals surface area contributed by atoms with Gasteiger partial charge in [0.25, 0.3) is 0 Å². The molecule has 1 heterocycles. The number of benzene rings is 1. The van der Waals surface area contributed by atoms with Crippen molar-refractivity contribution in [1.29, 1.82) is 0 Å². The van der Waals surface area contributed by atoms with Crippen molar-refractivity contribution >= 4 is 11.5 Å². The Bertz CT molecular complexity index is 719. The number of carbonyl (C=O) groups is 1. The molecule has 25 heavy (non-hydrogen) atoms. The molecular weight excluding hydrogens is 319 g/mol. The maximum Gasteiger partial charge on any atom is 0.309 e. The van der Waals surface area contributed by atoms with Crippen molar-refractivity contribution in [3.63, 3.8) is 0 Å². The van der Waals surface area contributed by atoms with E-state index in [1.165, 1.54) is 42.5 Å². The Kier molecular flexibility index (Phi) is 4.46. The van der Waals surface area contributed by atoms with Gasteiger partial charge in [-0.1, -0.05) is 18.2 Å². The molecule has 1 N–H and O–H groups in total. The summed E-state index contributed by atoms with van der Waals surface area (Å²) in [6, 6.07) is 6.74. The monoisotopic (exact) mass is 342 g/mol. The number of aliphatic hydroxyl groups is 1. The summed E-state index contributed by atoms with van der Waals surface area (Å²) in [5.74, 6) is 0.685. The van der Waals surface area contributed by atoms with Gasteiger partial charge in [0.15, 0.2) is 0 Å². The summed E-state index contributed by atoms with van der Waals surface area (Å²) in [5, 5.41) is 9.77. The van der Waals surface area contributed by atoms with Crippen molar-refractivity contribution in [3.05, 3.63) is 53.4 Å². The molecule has 1 saturated carbocycles. The summed E-state index contributed by atoms with van der Waals surface area (Å²) in [6.07, 6.45) is 8.20. The largest absolute Gasteiger partial charge is 0.458 e. The van der Waals surface area contributed by atoms with Crippen LogP contribution in [0, 0.1) is 17.7 Å². The lowest BCUT2D eigenvalue weighted by Gasteiger charge is -2.27. The Balaban J connectivity index is 1.64. The molecule has 2 bridgehead atoms. The van der Waals surface area contributed by atoms with Crippen molar-refractivity contribution in [2.24, 2.45) is 11.8 Å². The maximum atomic E-state index is 13.3. The van der Waals surface area contributed by atoms with Crippen LogP contribution in [0.5, 0.6) is 0 Å². The molecule has 1 aromatic carbocycles. The zero-order valence-electron chi connectivity index (χ0n) is 14.2. The fraction of sp³-hybridized carbons (Fsp3) is 0.476. The molecule has 0 aromatic heterocycles. The summed E-state index contributed by atoms with van der Waals surface area (Å²) in [6.45, 7) is 0. The number of fused-ring (bicyclic) bond motifs is 2. The molecule has 2 aliphatic carbocycles. The van der Waals surface area contributed by atoms with Gasteiger partial charge in [-0.05, 0) is 72.4 Å². The standard InChI is InChI=1S/C21H23FO3/c22-16-5-3-14(4-6-16)20-10-13-1-2-15(9-13)19(20)8-7-18-11-17(23)12-21(24)25-18/h3-8,13,15,17-18,23H,1-2,9-12H2/b8-7+/t13?,15?,17-,18-/m1/s1. The molecule has 4 rings (SSSR count). The minimum atomic E-state index is -0.622. The van der Waals surface area contributed by atoms with Gasteiger partial charge < -0.3 is 9.84 Å². The number of hydrogen-bond acceptors (Lipinski definition) is 3. The minimum absolute atomic E-state index is 0.0815. The number of allylic oxidation sites excluding steroid dienone is 3. The van der Waals surface area contributed by atoms with Gasteiger partial charge in [0.05, 0.1) is 12.5 Å². The Morgan fingerprint density at radius 2 is 1.92 bits per heavy atom. The van der Waals surface area contributed by atoms with Crippen LogP contribution in [0.4, 0.5) is 4.39 Å². The number of rotatable bonds is 3. The van der Waals surface area contributed by atoms with Gasteiger partial charge in [-0.3, -0.25) is 4.79 Å². The summed E-state index contributed by atoms with van der Waals surface area (Å²) in [5.41, 5.74) is 3.66. The molecule has 4 heteroatoms. The van der Waals surface area contributed by atoms with E-state index in [4.69, 9.17) is 4.74 Å². The Morgan fingerprint density at radius 3 is 2.68 bits per heavy atom. The third-order valence-electron chi connectivity index (χ3n) is 5.69. The number of hydrogen-bond donors (Lipinski definition) is 1. The second-order valence-electron chi connectivity index (χ2n) is 7.50. The van der Waals surface area contributed by atoms with E-state index >= 15 is 0 Å². The molecule has 0 amide bonds. The molecular formula is C21H23FO3. The maximum absolute atomic E-state index is 13.3. The van der Waals surface area contributed by atoms with Gasteiger partial charge in [-0.2, -0.15) is 0 Å². The Morgan fingerprint density at radius 1 is 1.12 bits per heavy atom. The molecule has 1 aromatic rings. The van der Waals surface area contributed by atoms with Crippen LogP contribution in [0.15, 0.2) is 42.0 Å². The first kappa shape index (κ1) is 16.5. The first-order valence-corrected chi connectivity index (χ1v) is 9.13. The molecule has 132 valence electrons. The highest BCUT2D eigenvalue weighted by atomic mass is 19.1. The highest BCUT2D eigenvalue weighted by Gasteiger charge is 2.34. The normalized spacial score (nSPS) is 32.3. The zero-order valence-corrected chi connectivity index (χ0v) is 14.2. The van der Waals surface area contributed by atoms with Crippen molar-refractivity contribution < 1.29 is 19.0 Å². The Hall–Kier alpha value is -1.94. The van der Waals surface area contributed by atoms with Crippen LogP contribution in [0.1, 0.15) is 44.1 Å². The minimum Gasteiger partial charge on any atom is -0.458 e. The van der Waals surface area contributed by atoms with Crippen LogP contribution in [-0.2, 0) is 9.53 Å². The van der Waals surface area contributed by atoms with Gasteiger partial charge in [0.1, 0.15) is 11.9 Å². The van der Waals surface area contributed by atoms with E-state index in [1.807, 2.05) is 18.2 Å². The molecule has 0 radical (unpaired) electrons. The van der Waals surface area contributed by atoms with Gasteiger partial charge in [0.2, 0.25) is 0 Å². The van der Waals surface area contributed by atoms with Gasteiger partial charge in [-0.25, -0.2) is 4.39 Å². The van der Waals surface area contributed by atoms with Crippen molar-refractivity contribution in [2.75, 3.05) is 0 Å². The van der Waals surface area contributed by atoms with E-state index < -0.39 is 6.10 Å². The van der Waals surface area contributed by atoms with Gasteiger partial charge in [0, 0.05) is 6.42 Å². The number of esters is 1. The van der Waals surface area contributed by atoms with Crippen molar-refractivity contribution in [2.45, 2.75) is 50.7 Å². The summed E-state index contributed by atoms with van der Waals surface area (Å²) < 4.78 is 18.6. The summed E-state index contributed by atoms with van der Waals surface area (Å²) >= 11 is 0. The fourth-order valence-electron chi connectivity index (χ4n) is 4.51. The molecule has 1 saturated heterocycles. The lowest BCUT2D eigenvalue weighted by molar-refractivity contribution is -0.156. The van der Waals surface area contributed by atoms with E-state index in [2.05, 4.69) is 6.08 Å². The predicted molar refractivity (Wildman–Crippen MR) is 93.0 cm³/mol. The van der Waals surface area contributed by atoms with Crippen LogP contribution >= 0.6 is 0 Å². The van der Waals surface area contributed by atoms with Crippen LogP contribution in [-0.4, -0.2) is 23.3 Å². The lowest BCUT2D eigenvalue weighted by atomic mass is 9.80. The van der Waals surface area contributed by atoms with Gasteiger partial charge in [-0.15, -0.1) is 0 Å². The first-order chi connectivity index (χ1) is 12.1. The molecule has 1 aliphatic heterocycles. The molecule has 4 atom stereocenters. The quantitative estimate of drug-likeness (QED) is 0.844. The van der Waals surface area contributed by atoms with Crippen LogP contribution < -0.4 is 0 Å². The van der Waals surface area contributed by atoms with Crippen molar-refractivity contribution in [3.8, 4) is 0 Å². The second-order valence-corrected chi connectivity index (χ2v) is 7.50. The van der Waals surface area contributed by atoms with Crippen LogP contribution in [0.3, 0.4) is 0 Å². The van der Waals surface area contributed by atoms with E-state index in [0.717, 1.165) is 17.9 Å². The van der Waals surface area contributed by atoms with E-state index in [-0.39, 0.29) is 24.3 Å². The van der Waals surface area contributed by atoms with E-state index in [0.29, 0.717) is 12.3 Å². The SMILES string of the molecule is O=C1C[C@H](O)C[C@@H](/C=C/C2=C(c3ccc(F)cc3)CC3CCC2C3)O1. The third kappa shape index (κ3) is 3.54. The highest BCUT2D eigenvalue weighted by Crippen LogP contribution is 2.48.